The maximum atomic E-state index is 13.4. The molecule has 4 aromatic rings. The highest BCUT2D eigenvalue weighted by Crippen LogP contribution is 2.35. The monoisotopic (exact) mass is 530 g/mol. The van der Waals surface area contributed by atoms with E-state index in [4.69, 9.17) is 5.73 Å². The molecule has 4 aromatic heterocycles. The first-order chi connectivity index (χ1) is 18.4. The Hall–Kier alpha value is -4.19. The Balaban J connectivity index is 1.18. The lowest BCUT2D eigenvalue weighted by Gasteiger charge is -2.23. The molecule has 2 atom stereocenters. The van der Waals surface area contributed by atoms with Gasteiger partial charge in [0.2, 0.25) is 5.91 Å². The van der Waals surface area contributed by atoms with Crippen molar-refractivity contribution in [2.24, 2.45) is 0 Å². The van der Waals surface area contributed by atoms with E-state index in [0.717, 1.165) is 33.6 Å². The number of rotatable bonds is 6. The van der Waals surface area contributed by atoms with Gasteiger partial charge in [0.15, 0.2) is 0 Å². The fourth-order valence-corrected chi connectivity index (χ4v) is 5.94. The van der Waals surface area contributed by atoms with Crippen LogP contribution in [0.5, 0.6) is 0 Å². The molecular weight excluding hydrogens is 504 g/mol. The highest BCUT2D eigenvalue weighted by atomic mass is 32.1. The molecule has 0 saturated heterocycles. The van der Waals surface area contributed by atoms with E-state index in [0.29, 0.717) is 30.5 Å². The summed E-state index contributed by atoms with van der Waals surface area (Å²) in [5, 5.41) is 6.52. The van der Waals surface area contributed by atoms with Gasteiger partial charge in [-0.2, -0.15) is 0 Å². The number of hydrogen-bond donors (Lipinski definition) is 3. The Kier molecular flexibility index (Phi) is 6.10. The van der Waals surface area contributed by atoms with Crippen LogP contribution in [-0.2, 0) is 11.3 Å². The van der Waals surface area contributed by atoms with Crippen molar-refractivity contribution in [2.75, 3.05) is 11.1 Å². The zero-order chi connectivity index (χ0) is 26.4. The number of carbonyl (C=O) groups is 2. The number of nitrogen functional groups attached to an aromatic ring is 1. The molecule has 0 radical (unpaired) electrons. The summed E-state index contributed by atoms with van der Waals surface area (Å²) in [5.74, 6) is 1.19. The molecule has 6 rings (SSSR count). The molecule has 194 valence electrons. The van der Waals surface area contributed by atoms with Gasteiger partial charge in [-0.15, -0.1) is 11.3 Å². The number of pyridine rings is 1. The first kappa shape index (κ1) is 24.2. The SMILES string of the molecule is C[C@@H]1C[C@@H](C(=O)NCc2cc3cnc(N)cc3s2)n2c1ncc(NC(=O)c1cnc(C3CCC3)nc1)c2=O. The number of amides is 2. The van der Waals surface area contributed by atoms with Crippen LogP contribution >= 0.6 is 11.3 Å². The van der Waals surface area contributed by atoms with Crippen LogP contribution in [0.4, 0.5) is 11.5 Å². The van der Waals surface area contributed by atoms with Gasteiger partial charge >= 0.3 is 0 Å². The van der Waals surface area contributed by atoms with Crippen LogP contribution in [0.25, 0.3) is 10.1 Å². The molecule has 1 fully saturated rings. The second-order valence-electron chi connectivity index (χ2n) is 9.85. The van der Waals surface area contributed by atoms with E-state index in [1.54, 1.807) is 12.3 Å². The number of anilines is 2. The number of nitrogens with zero attached hydrogens (tertiary/aromatic N) is 5. The Bertz CT molecular complexity index is 1610. The van der Waals surface area contributed by atoms with E-state index in [1.165, 1.54) is 40.9 Å². The first-order valence-corrected chi connectivity index (χ1v) is 13.4. The molecular formula is C26H26N8O3S. The maximum absolute atomic E-state index is 13.4. The Morgan fingerprint density at radius 3 is 2.63 bits per heavy atom. The largest absolute Gasteiger partial charge is 0.384 e. The van der Waals surface area contributed by atoms with Gasteiger partial charge in [0.05, 0.1) is 18.3 Å². The van der Waals surface area contributed by atoms with E-state index < -0.39 is 17.5 Å². The van der Waals surface area contributed by atoms with Crippen molar-refractivity contribution < 1.29 is 9.59 Å². The van der Waals surface area contributed by atoms with Crippen molar-refractivity contribution in [1.82, 2.24) is 29.8 Å². The number of nitrogens with two attached hydrogens (primary N) is 1. The Morgan fingerprint density at radius 2 is 1.89 bits per heavy atom. The average Bonchev–Trinajstić information content (AvgIpc) is 3.44. The summed E-state index contributed by atoms with van der Waals surface area (Å²) < 4.78 is 2.38. The fourth-order valence-electron chi connectivity index (χ4n) is 4.91. The molecule has 5 heterocycles. The fraction of sp³-hybridized carbons (Fsp3) is 0.346. The van der Waals surface area contributed by atoms with Crippen LogP contribution < -0.4 is 21.9 Å². The number of fused-ring (bicyclic) bond motifs is 2. The molecule has 38 heavy (non-hydrogen) atoms. The number of thiophene rings is 1. The van der Waals surface area contributed by atoms with Crippen LogP contribution in [0.15, 0.2) is 41.7 Å². The standard InChI is InChI=1S/C26H26N8O3S/c1-13-5-19(25(36)32-11-17-6-15-8-28-21(27)7-20(15)38-17)34-23(13)31-12-18(26(34)37)33-24(35)16-9-29-22(30-10-16)14-3-2-4-14/h6-10,12-14,19H,2-5,11H2,1H3,(H2,27,28)(H,32,36)(H,33,35)/t13-,19+/m1/s1. The molecule has 0 bridgehead atoms. The molecule has 1 aliphatic heterocycles. The number of carbonyl (C=O) groups excluding carboxylic acids is 2. The van der Waals surface area contributed by atoms with Crippen LogP contribution in [0.3, 0.4) is 0 Å². The van der Waals surface area contributed by atoms with E-state index in [1.807, 2.05) is 13.0 Å². The molecule has 0 aromatic carbocycles. The van der Waals surface area contributed by atoms with Crippen molar-refractivity contribution in [1.29, 1.82) is 0 Å². The van der Waals surface area contributed by atoms with Crippen LogP contribution in [0.2, 0.25) is 0 Å². The summed E-state index contributed by atoms with van der Waals surface area (Å²) in [5.41, 5.74) is 5.55. The Labute approximate surface area is 221 Å². The minimum Gasteiger partial charge on any atom is -0.384 e. The summed E-state index contributed by atoms with van der Waals surface area (Å²) in [6, 6.07) is 3.03. The zero-order valence-corrected chi connectivity index (χ0v) is 21.5. The molecule has 0 spiro atoms. The minimum absolute atomic E-state index is 0.00307. The van der Waals surface area contributed by atoms with Crippen molar-refractivity contribution in [3.63, 3.8) is 0 Å². The van der Waals surface area contributed by atoms with E-state index >= 15 is 0 Å². The third kappa shape index (κ3) is 4.40. The third-order valence-corrected chi connectivity index (χ3v) is 8.31. The second-order valence-corrected chi connectivity index (χ2v) is 11.0. The molecule has 2 aliphatic rings. The van der Waals surface area contributed by atoms with Crippen molar-refractivity contribution >= 4 is 44.7 Å². The average molecular weight is 531 g/mol. The van der Waals surface area contributed by atoms with Gasteiger partial charge < -0.3 is 16.4 Å². The third-order valence-electron chi connectivity index (χ3n) is 7.22. The van der Waals surface area contributed by atoms with Crippen LogP contribution in [0.1, 0.15) is 77.4 Å². The summed E-state index contributed by atoms with van der Waals surface area (Å²) >= 11 is 1.53. The summed E-state index contributed by atoms with van der Waals surface area (Å²) in [6.07, 6.45) is 9.74. The van der Waals surface area contributed by atoms with Crippen molar-refractivity contribution in [3.05, 3.63) is 69.4 Å². The smallest absolute Gasteiger partial charge is 0.278 e. The summed E-state index contributed by atoms with van der Waals surface area (Å²) in [4.78, 5) is 57.5. The van der Waals surface area contributed by atoms with E-state index in [2.05, 4.69) is 30.6 Å². The van der Waals surface area contributed by atoms with E-state index in [-0.39, 0.29) is 23.1 Å². The van der Waals surface area contributed by atoms with Crippen LogP contribution in [0, 0.1) is 0 Å². The highest BCUT2D eigenvalue weighted by Gasteiger charge is 2.36. The second kappa shape index (κ2) is 9.60. The van der Waals surface area contributed by atoms with Gasteiger partial charge in [0, 0.05) is 45.4 Å². The van der Waals surface area contributed by atoms with Crippen molar-refractivity contribution in [2.45, 2.75) is 57.0 Å². The molecule has 0 unspecified atom stereocenters. The molecule has 1 saturated carbocycles. The number of nitrogens with one attached hydrogen (secondary N) is 2. The molecule has 1 aliphatic carbocycles. The molecule has 11 nitrogen and oxygen atoms in total. The summed E-state index contributed by atoms with van der Waals surface area (Å²) in [6.45, 7) is 2.24. The van der Waals surface area contributed by atoms with Gasteiger partial charge in [-0.3, -0.25) is 19.0 Å². The molecule has 12 heteroatoms. The zero-order valence-electron chi connectivity index (χ0n) is 20.7. The van der Waals surface area contributed by atoms with E-state index in [9.17, 15) is 14.4 Å². The van der Waals surface area contributed by atoms with Gasteiger partial charge in [-0.25, -0.2) is 19.9 Å². The van der Waals surface area contributed by atoms with Gasteiger partial charge in [0.1, 0.15) is 29.2 Å². The predicted octanol–water partition coefficient (Wildman–Crippen LogP) is 3.11. The normalized spacial score (nSPS) is 18.7. The Morgan fingerprint density at radius 1 is 1.11 bits per heavy atom. The lowest BCUT2D eigenvalue weighted by Crippen LogP contribution is -2.36. The van der Waals surface area contributed by atoms with Gasteiger partial charge in [-0.05, 0) is 31.4 Å². The number of aromatic nitrogens is 5. The minimum atomic E-state index is -0.728. The maximum Gasteiger partial charge on any atom is 0.278 e. The topological polar surface area (TPSA) is 158 Å². The molecule has 4 N–H and O–H groups in total. The van der Waals surface area contributed by atoms with Gasteiger partial charge in [0.25, 0.3) is 11.5 Å². The first-order valence-electron chi connectivity index (χ1n) is 12.5. The summed E-state index contributed by atoms with van der Waals surface area (Å²) in [7, 11) is 0. The number of hydrogen-bond acceptors (Lipinski definition) is 9. The predicted molar refractivity (Wildman–Crippen MR) is 143 cm³/mol. The quantitative estimate of drug-likeness (QED) is 0.343. The molecule has 2 amide bonds. The van der Waals surface area contributed by atoms with Crippen LogP contribution in [-0.4, -0.2) is 36.3 Å². The highest BCUT2D eigenvalue weighted by molar-refractivity contribution is 7.19. The lowest BCUT2D eigenvalue weighted by molar-refractivity contribution is -0.124. The lowest BCUT2D eigenvalue weighted by atomic mass is 9.85. The van der Waals surface area contributed by atoms with Crippen molar-refractivity contribution in [3.8, 4) is 0 Å². The van der Waals surface area contributed by atoms with Gasteiger partial charge in [-0.1, -0.05) is 13.3 Å².